The van der Waals surface area contributed by atoms with Crippen molar-refractivity contribution < 1.29 is 19.1 Å². The summed E-state index contributed by atoms with van der Waals surface area (Å²) < 4.78 is 5.71. The van der Waals surface area contributed by atoms with Crippen molar-refractivity contribution in [3.05, 3.63) is 130 Å². The average Bonchev–Trinajstić information content (AvgIpc) is 3.54. The first-order valence-corrected chi connectivity index (χ1v) is 16.5. The third-order valence-electron chi connectivity index (χ3n) is 6.42. The van der Waals surface area contributed by atoms with Crippen LogP contribution in [0.4, 0.5) is 10.8 Å². The number of carbonyl (C=O) groups excluding carboxylic acids is 3. The highest BCUT2D eigenvalue weighted by Crippen LogP contribution is 2.27. The average molecular weight is 669 g/mol. The third kappa shape index (κ3) is 9.07. The van der Waals surface area contributed by atoms with Crippen LogP contribution in [0.25, 0.3) is 17.3 Å². The number of halogens is 1. The Morgan fingerprint density at radius 2 is 1.61 bits per heavy atom. The first-order valence-electron chi connectivity index (χ1n) is 14.2. The molecule has 0 aliphatic carbocycles. The van der Waals surface area contributed by atoms with Crippen LogP contribution in [0.5, 0.6) is 5.75 Å². The van der Waals surface area contributed by atoms with Crippen molar-refractivity contribution >= 4 is 69.3 Å². The fourth-order valence-electron chi connectivity index (χ4n) is 4.21. The quantitative estimate of drug-likeness (QED) is 0.0918. The van der Waals surface area contributed by atoms with Crippen molar-refractivity contribution in [3.63, 3.8) is 0 Å². The molecule has 0 aliphatic heterocycles. The van der Waals surface area contributed by atoms with Crippen LogP contribution in [0.2, 0.25) is 5.02 Å². The number of thiazole rings is 1. The molecule has 0 unspecified atom stereocenters. The SMILES string of the molecule is CCOc1ccccc1/C=C(\NC(=O)c1ccccc1)C(=O)Nc1ccc(SCC(=O)Nc2nc(-c3ccc(Cl)cc3)cs2)cc1. The number of aromatic nitrogens is 1. The van der Waals surface area contributed by atoms with Crippen LogP contribution < -0.4 is 20.7 Å². The zero-order chi connectivity index (χ0) is 32.3. The topological polar surface area (TPSA) is 109 Å². The number of carbonyl (C=O) groups is 3. The highest BCUT2D eigenvalue weighted by atomic mass is 35.5. The molecule has 3 N–H and O–H groups in total. The van der Waals surface area contributed by atoms with E-state index >= 15 is 0 Å². The smallest absolute Gasteiger partial charge is 0.272 e. The molecule has 0 bridgehead atoms. The van der Waals surface area contributed by atoms with Gasteiger partial charge in [-0.15, -0.1) is 23.1 Å². The van der Waals surface area contributed by atoms with Crippen LogP contribution in [0.1, 0.15) is 22.8 Å². The lowest BCUT2D eigenvalue weighted by molar-refractivity contribution is -0.114. The monoisotopic (exact) mass is 668 g/mol. The summed E-state index contributed by atoms with van der Waals surface area (Å²) in [5.74, 6) is -0.335. The molecule has 1 heterocycles. The van der Waals surface area contributed by atoms with E-state index in [-0.39, 0.29) is 17.4 Å². The molecule has 0 fully saturated rings. The van der Waals surface area contributed by atoms with Crippen LogP contribution >= 0.6 is 34.7 Å². The Morgan fingerprint density at radius 1 is 0.891 bits per heavy atom. The van der Waals surface area contributed by atoms with Crippen LogP contribution in [0.3, 0.4) is 0 Å². The molecule has 232 valence electrons. The highest BCUT2D eigenvalue weighted by Gasteiger charge is 2.16. The van der Waals surface area contributed by atoms with E-state index < -0.39 is 11.8 Å². The number of anilines is 2. The summed E-state index contributed by atoms with van der Waals surface area (Å²) in [7, 11) is 0. The maximum absolute atomic E-state index is 13.4. The van der Waals surface area contributed by atoms with E-state index in [0.717, 1.165) is 16.2 Å². The molecule has 0 aliphatic rings. The van der Waals surface area contributed by atoms with Crippen molar-refractivity contribution in [3.8, 4) is 17.0 Å². The predicted molar refractivity (Wildman–Crippen MR) is 186 cm³/mol. The summed E-state index contributed by atoms with van der Waals surface area (Å²) in [6, 6.07) is 30.4. The number of amides is 3. The van der Waals surface area contributed by atoms with Gasteiger partial charge in [0.15, 0.2) is 5.13 Å². The lowest BCUT2D eigenvalue weighted by Gasteiger charge is -2.13. The molecule has 3 amide bonds. The molecule has 0 spiro atoms. The Kier molecular flexibility index (Phi) is 11.2. The van der Waals surface area contributed by atoms with Crippen molar-refractivity contribution in [1.29, 1.82) is 0 Å². The van der Waals surface area contributed by atoms with E-state index in [1.54, 1.807) is 60.7 Å². The Morgan fingerprint density at radius 3 is 2.35 bits per heavy atom. The van der Waals surface area contributed by atoms with Crippen LogP contribution in [-0.2, 0) is 9.59 Å². The van der Waals surface area contributed by atoms with Crippen LogP contribution in [0.15, 0.2) is 119 Å². The Balaban J connectivity index is 1.21. The van der Waals surface area contributed by atoms with Gasteiger partial charge in [-0.25, -0.2) is 4.98 Å². The number of hydrogen-bond donors (Lipinski definition) is 3. The molecule has 1 aromatic heterocycles. The maximum atomic E-state index is 13.4. The largest absolute Gasteiger partial charge is 0.493 e. The Bertz CT molecular complexity index is 1840. The summed E-state index contributed by atoms with van der Waals surface area (Å²) in [5.41, 5.74) is 3.32. The fourth-order valence-corrected chi connectivity index (χ4v) is 5.77. The molecule has 46 heavy (non-hydrogen) atoms. The third-order valence-corrected chi connectivity index (χ3v) is 8.44. The lowest BCUT2D eigenvalue weighted by Crippen LogP contribution is -2.30. The van der Waals surface area contributed by atoms with Gasteiger partial charge in [-0.3, -0.25) is 14.4 Å². The predicted octanol–water partition coefficient (Wildman–Crippen LogP) is 8.00. The molecule has 8 nitrogen and oxygen atoms in total. The van der Waals surface area contributed by atoms with Gasteiger partial charge in [-0.1, -0.05) is 60.1 Å². The summed E-state index contributed by atoms with van der Waals surface area (Å²) in [6.07, 6.45) is 1.59. The standard InChI is InChI=1S/C35H29ClN4O4S2/c1-2-44-31-11-7-6-10-25(31)20-29(38-33(42)24-8-4-3-5-9-24)34(43)37-27-16-18-28(19-17-27)45-22-32(41)40-35-39-30(21-46-35)23-12-14-26(36)15-13-23/h3-21H,2,22H2,1H3,(H,37,43)(H,38,42)(H,39,40,41)/b29-20-. The molecule has 11 heteroatoms. The van der Waals surface area contributed by atoms with E-state index in [4.69, 9.17) is 16.3 Å². The summed E-state index contributed by atoms with van der Waals surface area (Å²) in [5, 5.41) is 11.5. The maximum Gasteiger partial charge on any atom is 0.272 e. The molecule has 0 saturated heterocycles. The number of para-hydroxylation sites is 1. The second-order valence-electron chi connectivity index (χ2n) is 9.71. The Labute approximate surface area is 279 Å². The van der Waals surface area contributed by atoms with Crippen molar-refractivity contribution in [2.24, 2.45) is 0 Å². The Hall–Kier alpha value is -4.90. The number of nitrogens with zero attached hydrogens (tertiary/aromatic N) is 1. The first-order chi connectivity index (χ1) is 22.4. The van der Waals surface area contributed by atoms with Gasteiger partial charge in [0.2, 0.25) is 5.91 Å². The van der Waals surface area contributed by atoms with Crippen molar-refractivity contribution in [2.45, 2.75) is 11.8 Å². The van der Waals surface area contributed by atoms with Gasteiger partial charge in [0.25, 0.3) is 11.8 Å². The zero-order valence-corrected chi connectivity index (χ0v) is 27.0. The van der Waals surface area contributed by atoms with Crippen molar-refractivity contribution in [2.75, 3.05) is 23.0 Å². The molecule has 4 aromatic carbocycles. The summed E-state index contributed by atoms with van der Waals surface area (Å²) in [6.45, 7) is 2.32. The molecular formula is C35H29ClN4O4S2. The highest BCUT2D eigenvalue weighted by molar-refractivity contribution is 8.00. The number of hydrogen-bond acceptors (Lipinski definition) is 7. The molecule has 0 atom stereocenters. The summed E-state index contributed by atoms with van der Waals surface area (Å²) >= 11 is 8.67. The lowest BCUT2D eigenvalue weighted by atomic mass is 10.1. The molecule has 5 aromatic rings. The molecule has 5 rings (SSSR count). The number of ether oxygens (including phenoxy) is 1. The number of rotatable bonds is 12. The van der Waals surface area contributed by atoms with Gasteiger partial charge in [-0.2, -0.15) is 0 Å². The molecule has 0 radical (unpaired) electrons. The summed E-state index contributed by atoms with van der Waals surface area (Å²) in [4.78, 5) is 44.3. The molecule has 0 saturated carbocycles. The van der Waals surface area contributed by atoms with Crippen LogP contribution in [-0.4, -0.2) is 35.1 Å². The van der Waals surface area contributed by atoms with E-state index in [2.05, 4.69) is 20.9 Å². The van der Waals surface area contributed by atoms with Gasteiger partial charge >= 0.3 is 0 Å². The van der Waals surface area contributed by atoms with E-state index in [1.165, 1.54) is 23.1 Å². The minimum Gasteiger partial charge on any atom is -0.493 e. The second kappa shape index (κ2) is 15.9. The minimum atomic E-state index is -0.503. The second-order valence-corrected chi connectivity index (χ2v) is 12.1. The van der Waals surface area contributed by atoms with Gasteiger partial charge < -0.3 is 20.7 Å². The van der Waals surface area contributed by atoms with Gasteiger partial charge in [-0.05, 0) is 67.6 Å². The van der Waals surface area contributed by atoms with Crippen LogP contribution in [0, 0.1) is 0 Å². The fraction of sp³-hybridized carbons (Fsp3) is 0.0857. The molecular weight excluding hydrogens is 640 g/mol. The van der Waals surface area contributed by atoms with E-state index in [1.807, 2.05) is 60.8 Å². The number of thioether (sulfide) groups is 1. The number of nitrogens with one attached hydrogen (secondary N) is 3. The normalized spacial score (nSPS) is 11.0. The minimum absolute atomic E-state index is 0.0533. The zero-order valence-electron chi connectivity index (χ0n) is 24.7. The first kappa shape index (κ1) is 32.5. The van der Waals surface area contributed by atoms with E-state index in [9.17, 15) is 14.4 Å². The van der Waals surface area contributed by atoms with Gasteiger partial charge in [0.1, 0.15) is 11.4 Å². The van der Waals surface area contributed by atoms with Gasteiger partial charge in [0, 0.05) is 37.7 Å². The van der Waals surface area contributed by atoms with Crippen molar-refractivity contribution in [1.82, 2.24) is 10.3 Å². The van der Waals surface area contributed by atoms with Gasteiger partial charge in [0.05, 0.1) is 18.1 Å². The van der Waals surface area contributed by atoms with E-state index in [0.29, 0.717) is 39.3 Å². The number of benzene rings is 4.